The minimum atomic E-state index is -0.184. The number of ether oxygens (including phenoxy) is 2. The van der Waals surface area contributed by atoms with Crippen molar-refractivity contribution in [1.29, 1.82) is 0 Å². The minimum absolute atomic E-state index is 0.0840. The molecule has 2 saturated heterocycles. The molecule has 0 N–H and O–H groups in total. The summed E-state index contributed by atoms with van der Waals surface area (Å²) in [6, 6.07) is 0. The molecule has 4 aliphatic rings. The Morgan fingerprint density at radius 2 is 1.33 bits per heavy atom. The molecule has 5 heteroatoms. The number of ketones is 3. The van der Waals surface area contributed by atoms with Crippen LogP contribution in [-0.2, 0) is 23.9 Å². The molecular formula is C19H18O5. The van der Waals surface area contributed by atoms with Gasteiger partial charge in [0.15, 0.2) is 17.3 Å². The molecule has 0 aromatic rings. The smallest absolute Gasteiger partial charge is 0.185 e. The molecular weight excluding hydrogens is 308 g/mol. The molecule has 5 nitrogen and oxygen atoms in total. The second kappa shape index (κ2) is 5.89. The van der Waals surface area contributed by atoms with Crippen molar-refractivity contribution in [2.45, 2.75) is 38.5 Å². The van der Waals surface area contributed by atoms with Crippen LogP contribution in [-0.4, -0.2) is 17.3 Å². The summed E-state index contributed by atoms with van der Waals surface area (Å²) in [7, 11) is 0. The van der Waals surface area contributed by atoms with Gasteiger partial charge in [-0.1, -0.05) is 0 Å². The fraction of sp³-hybridized carbons (Fsp3) is 0.421. The monoisotopic (exact) mass is 326 g/mol. The van der Waals surface area contributed by atoms with Crippen LogP contribution in [0, 0.1) is 11.8 Å². The third-order valence-electron chi connectivity index (χ3n) is 4.89. The summed E-state index contributed by atoms with van der Waals surface area (Å²) in [5, 5.41) is 0. The third-order valence-corrected chi connectivity index (χ3v) is 4.89. The maximum atomic E-state index is 12.2. The van der Waals surface area contributed by atoms with Gasteiger partial charge in [-0.3, -0.25) is 14.4 Å². The topological polar surface area (TPSA) is 69.7 Å². The number of carbonyl (C=O) groups is 3. The van der Waals surface area contributed by atoms with E-state index in [0.29, 0.717) is 48.7 Å². The summed E-state index contributed by atoms with van der Waals surface area (Å²) in [5.74, 6) is 3.00. The van der Waals surface area contributed by atoms with Crippen LogP contribution in [0.4, 0.5) is 0 Å². The Balaban J connectivity index is 1.44. The van der Waals surface area contributed by atoms with E-state index >= 15 is 0 Å². The van der Waals surface area contributed by atoms with Gasteiger partial charge in [0, 0.05) is 61.8 Å². The second-order valence-electron chi connectivity index (χ2n) is 6.73. The number of rotatable bonds is 2. The molecule has 0 bridgehead atoms. The van der Waals surface area contributed by atoms with Crippen LogP contribution in [0.1, 0.15) is 38.5 Å². The van der Waals surface area contributed by atoms with Crippen LogP contribution < -0.4 is 0 Å². The van der Waals surface area contributed by atoms with Gasteiger partial charge in [-0.25, -0.2) is 0 Å². The molecule has 0 amide bonds. The molecule has 2 heterocycles. The average Bonchev–Trinajstić information content (AvgIpc) is 3.08. The highest BCUT2D eigenvalue weighted by Gasteiger charge is 2.33. The van der Waals surface area contributed by atoms with E-state index in [0.717, 1.165) is 12.8 Å². The maximum absolute atomic E-state index is 12.2. The van der Waals surface area contributed by atoms with Gasteiger partial charge >= 0.3 is 0 Å². The van der Waals surface area contributed by atoms with E-state index in [1.165, 1.54) is 12.2 Å². The van der Waals surface area contributed by atoms with E-state index in [-0.39, 0.29) is 29.2 Å². The standard InChI is InChI=1S/C19H18O5/c20-13-3-1-11-5-16(23-18(11)9-13)7-15(22)8-17-6-12-2-4-14(21)10-19(12)24-17/h7-12H,1-6H2/b16-7-,17-8-. The Labute approximate surface area is 139 Å². The van der Waals surface area contributed by atoms with E-state index in [1.807, 2.05) is 0 Å². The molecule has 2 fully saturated rings. The summed E-state index contributed by atoms with van der Waals surface area (Å²) in [5.41, 5.74) is 0. The lowest BCUT2D eigenvalue weighted by atomic mass is 9.91. The lowest BCUT2D eigenvalue weighted by molar-refractivity contribution is -0.116. The number of carbonyl (C=O) groups excluding carboxylic acids is 3. The maximum Gasteiger partial charge on any atom is 0.185 e. The van der Waals surface area contributed by atoms with Crippen molar-refractivity contribution in [2.75, 3.05) is 0 Å². The van der Waals surface area contributed by atoms with E-state index in [1.54, 1.807) is 12.2 Å². The summed E-state index contributed by atoms with van der Waals surface area (Å²) in [4.78, 5) is 35.0. The normalized spacial score (nSPS) is 32.0. The average molecular weight is 326 g/mol. The summed E-state index contributed by atoms with van der Waals surface area (Å²) < 4.78 is 11.3. The van der Waals surface area contributed by atoms with Gasteiger partial charge in [-0.15, -0.1) is 0 Å². The second-order valence-corrected chi connectivity index (χ2v) is 6.73. The zero-order chi connectivity index (χ0) is 16.7. The van der Waals surface area contributed by atoms with Crippen molar-refractivity contribution in [2.24, 2.45) is 11.8 Å². The molecule has 2 unspecified atom stereocenters. The van der Waals surface area contributed by atoms with Gasteiger partial charge in [-0.05, 0) is 12.8 Å². The van der Waals surface area contributed by atoms with Crippen molar-refractivity contribution >= 4 is 17.3 Å². The number of fused-ring (bicyclic) bond motifs is 2. The zero-order valence-corrected chi connectivity index (χ0v) is 13.2. The Morgan fingerprint density at radius 1 is 0.875 bits per heavy atom. The van der Waals surface area contributed by atoms with E-state index in [4.69, 9.17) is 9.47 Å². The summed E-state index contributed by atoms with van der Waals surface area (Å²) >= 11 is 0. The number of hydrogen-bond acceptors (Lipinski definition) is 5. The molecule has 2 aliphatic heterocycles. The van der Waals surface area contributed by atoms with Crippen LogP contribution in [0.25, 0.3) is 0 Å². The molecule has 0 aromatic carbocycles. The Morgan fingerprint density at radius 3 is 1.79 bits per heavy atom. The summed E-state index contributed by atoms with van der Waals surface area (Å²) in [6.45, 7) is 0. The molecule has 24 heavy (non-hydrogen) atoms. The highest BCUT2D eigenvalue weighted by Crippen LogP contribution is 2.39. The highest BCUT2D eigenvalue weighted by atomic mass is 16.5. The molecule has 2 atom stereocenters. The van der Waals surface area contributed by atoms with Crippen LogP contribution in [0.2, 0.25) is 0 Å². The molecule has 0 saturated carbocycles. The first-order valence-corrected chi connectivity index (χ1v) is 8.36. The van der Waals surface area contributed by atoms with Crippen LogP contribution in [0.15, 0.2) is 47.3 Å². The van der Waals surface area contributed by atoms with Gasteiger partial charge in [0.25, 0.3) is 0 Å². The molecule has 0 radical (unpaired) electrons. The Kier molecular flexibility index (Phi) is 3.71. The van der Waals surface area contributed by atoms with E-state index < -0.39 is 0 Å². The Hall–Kier alpha value is -2.43. The number of allylic oxidation sites excluding steroid dienone is 8. The van der Waals surface area contributed by atoms with Crippen LogP contribution in [0.3, 0.4) is 0 Å². The zero-order valence-electron chi connectivity index (χ0n) is 13.2. The predicted molar refractivity (Wildman–Crippen MR) is 84.2 cm³/mol. The summed E-state index contributed by atoms with van der Waals surface area (Å²) in [6.07, 6.45) is 10.0. The lowest BCUT2D eigenvalue weighted by Crippen LogP contribution is -2.09. The first-order chi connectivity index (χ1) is 11.6. The van der Waals surface area contributed by atoms with Crippen molar-refractivity contribution in [3.63, 3.8) is 0 Å². The highest BCUT2D eigenvalue weighted by molar-refractivity contribution is 6.00. The van der Waals surface area contributed by atoms with Gasteiger partial charge < -0.3 is 9.47 Å². The van der Waals surface area contributed by atoms with Crippen molar-refractivity contribution in [1.82, 2.24) is 0 Å². The van der Waals surface area contributed by atoms with Crippen molar-refractivity contribution in [3.8, 4) is 0 Å². The largest absolute Gasteiger partial charge is 0.465 e. The van der Waals surface area contributed by atoms with E-state index in [9.17, 15) is 14.4 Å². The molecule has 124 valence electrons. The molecule has 2 aliphatic carbocycles. The van der Waals surface area contributed by atoms with E-state index in [2.05, 4.69) is 0 Å². The first kappa shape index (κ1) is 15.1. The quantitative estimate of drug-likeness (QED) is 0.730. The van der Waals surface area contributed by atoms with Crippen LogP contribution in [0.5, 0.6) is 0 Å². The minimum Gasteiger partial charge on any atom is -0.465 e. The molecule has 4 rings (SSSR count). The third kappa shape index (κ3) is 2.98. The fourth-order valence-electron chi connectivity index (χ4n) is 3.65. The van der Waals surface area contributed by atoms with Crippen molar-refractivity contribution < 1.29 is 23.9 Å². The Bertz CT molecular complexity index is 688. The molecule has 0 aromatic heterocycles. The van der Waals surface area contributed by atoms with Gasteiger partial charge in [-0.2, -0.15) is 0 Å². The van der Waals surface area contributed by atoms with Gasteiger partial charge in [0.05, 0.1) is 0 Å². The fourth-order valence-corrected chi connectivity index (χ4v) is 3.65. The van der Waals surface area contributed by atoms with Gasteiger partial charge in [0.2, 0.25) is 0 Å². The first-order valence-electron chi connectivity index (χ1n) is 8.36. The SMILES string of the molecule is O=C(/C=C1/CC2CCC(=O)C=C2O1)/C=C1/CC2CCC(=O)C=C2O1. The van der Waals surface area contributed by atoms with Crippen molar-refractivity contribution in [3.05, 3.63) is 47.3 Å². The molecule has 0 spiro atoms. The predicted octanol–water partition coefficient (Wildman–Crippen LogP) is 2.89. The van der Waals surface area contributed by atoms with Crippen LogP contribution >= 0.6 is 0 Å². The number of hydrogen-bond donors (Lipinski definition) is 0. The lowest BCUT2D eigenvalue weighted by Gasteiger charge is -2.12. The van der Waals surface area contributed by atoms with Gasteiger partial charge in [0.1, 0.15) is 23.0 Å².